The van der Waals surface area contributed by atoms with Crippen LogP contribution in [-0.2, 0) is 4.79 Å². The number of primary amides is 2. The summed E-state index contributed by atoms with van der Waals surface area (Å²) in [5, 5.41) is 3.23. The van der Waals surface area contributed by atoms with E-state index in [1.54, 1.807) is 4.90 Å². The Bertz CT molecular complexity index is 234. The normalized spacial score (nSPS) is 17.7. The SMILES string of the molecule is NC(=O)CCNC1CCN(C(N)=O)CC1. The fourth-order valence-corrected chi connectivity index (χ4v) is 1.70. The maximum atomic E-state index is 10.8. The number of nitrogens with two attached hydrogens (primary N) is 2. The first kappa shape index (κ1) is 11.8. The van der Waals surface area contributed by atoms with Crippen molar-refractivity contribution in [1.82, 2.24) is 10.2 Å². The topological polar surface area (TPSA) is 101 Å². The first-order valence-electron chi connectivity index (χ1n) is 5.15. The van der Waals surface area contributed by atoms with E-state index in [1.807, 2.05) is 0 Å². The van der Waals surface area contributed by atoms with Crippen LogP contribution in [0.5, 0.6) is 0 Å². The lowest BCUT2D eigenvalue weighted by Gasteiger charge is -2.31. The minimum Gasteiger partial charge on any atom is -0.370 e. The molecule has 0 unspecified atom stereocenters. The standard InChI is InChI=1S/C9H18N4O2/c10-8(14)1-4-12-7-2-5-13(6-3-7)9(11)15/h7,12H,1-6H2,(H2,10,14)(H2,11,15). The molecule has 15 heavy (non-hydrogen) atoms. The molecule has 0 spiro atoms. The number of carbonyl (C=O) groups is 2. The third-order valence-electron chi connectivity index (χ3n) is 2.61. The first-order valence-corrected chi connectivity index (χ1v) is 5.15. The van der Waals surface area contributed by atoms with E-state index in [2.05, 4.69) is 5.32 Å². The van der Waals surface area contributed by atoms with Crippen molar-refractivity contribution in [3.8, 4) is 0 Å². The Morgan fingerprint density at radius 3 is 2.33 bits per heavy atom. The molecule has 0 aliphatic carbocycles. The van der Waals surface area contributed by atoms with Gasteiger partial charge in [-0.15, -0.1) is 0 Å². The average molecular weight is 214 g/mol. The molecule has 86 valence electrons. The third-order valence-corrected chi connectivity index (χ3v) is 2.61. The first-order chi connectivity index (χ1) is 7.09. The second-order valence-corrected chi connectivity index (χ2v) is 3.77. The van der Waals surface area contributed by atoms with Crippen LogP contribution >= 0.6 is 0 Å². The molecule has 1 rings (SSSR count). The molecular weight excluding hydrogens is 196 g/mol. The summed E-state index contributed by atoms with van der Waals surface area (Å²) < 4.78 is 0. The quantitative estimate of drug-likeness (QED) is 0.559. The number of urea groups is 1. The molecule has 5 N–H and O–H groups in total. The Morgan fingerprint density at radius 1 is 1.27 bits per heavy atom. The van der Waals surface area contributed by atoms with Gasteiger partial charge in [-0.2, -0.15) is 0 Å². The van der Waals surface area contributed by atoms with Gasteiger partial charge >= 0.3 is 6.03 Å². The van der Waals surface area contributed by atoms with Gasteiger partial charge in [0.05, 0.1) is 0 Å². The Labute approximate surface area is 89.0 Å². The van der Waals surface area contributed by atoms with E-state index in [4.69, 9.17) is 11.5 Å². The number of hydrogen-bond donors (Lipinski definition) is 3. The summed E-state index contributed by atoms with van der Waals surface area (Å²) in [6, 6.07) is 0.00513. The second-order valence-electron chi connectivity index (χ2n) is 3.77. The van der Waals surface area contributed by atoms with Crippen molar-refractivity contribution in [3.05, 3.63) is 0 Å². The van der Waals surface area contributed by atoms with Crippen LogP contribution in [0.1, 0.15) is 19.3 Å². The molecule has 3 amide bonds. The maximum Gasteiger partial charge on any atom is 0.314 e. The lowest BCUT2D eigenvalue weighted by Crippen LogP contribution is -2.47. The van der Waals surface area contributed by atoms with Crippen molar-refractivity contribution in [3.63, 3.8) is 0 Å². The summed E-state index contributed by atoms with van der Waals surface area (Å²) in [5.74, 6) is -0.294. The molecular formula is C9H18N4O2. The summed E-state index contributed by atoms with van der Waals surface area (Å²) in [5.41, 5.74) is 10.2. The Morgan fingerprint density at radius 2 is 1.87 bits per heavy atom. The molecule has 0 bridgehead atoms. The van der Waals surface area contributed by atoms with Gasteiger partial charge in [0.1, 0.15) is 0 Å². The van der Waals surface area contributed by atoms with Crippen LogP contribution in [0.2, 0.25) is 0 Å². The molecule has 0 aromatic heterocycles. The minimum absolute atomic E-state index is 0.294. The van der Waals surface area contributed by atoms with E-state index in [-0.39, 0.29) is 11.9 Å². The predicted molar refractivity (Wildman–Crippen MR) is 56.0 cm³/mol. The van der Waals surface area contributed by atoms with E-state index in [0.29, 0.717) is 32.1 Å². The summed E-state index contributed by atoms with van der Waals surface area (Å²) in [6.07, 6.45) is 2.11. The second kappa shape index (κ2) is 5.55. The number of piperidine rings is 1. The highest BCUT2D eigenvalue weighted by Crippen LogP contribution is 2.09. The zero-order valence-corrected chi connectivity index (χ0v) is 8.74. The number of nitrogens with zero attached hydrogens (tertiary/aromatic N) is 1. The van der Waals surface area contributed by atoms with Crippen molar-refractivity contribution in [1.29, 1.82) is 0 Å². The van der Waals surface area contributed by atoms with Gasteiger partial charge in [-0.25, -0.2) is 4.79 Å². The minimum atomic E-state index is -0.356. The van der Waals surface area contributed by atoms with Gasteiger partial charge in [0, 0.05) is 32.1 Å². The van der Waals surface area contributed by atoms with Crippen LogP contribution in [0, 0.1) is 0 Å². The third kappa shape index (κ3) is 4.16. The number of carbonyl (C=O) groups excluding carboxylic acids is 2. The number of hydrogen-bond acceptors (Lipinski definition) is 3. The number of nitrogens with one attached hydrogen (secondary N) is 1. The summed E-state index contributed by atoms with van der Waals surface area (Å²) in [6.45, 7) is 1.98. The van der Waals surface area contributed by atoms with Crippen LogP contribution in [0.15, 0.2) is 0 Å². The van der Waals surface area contributed by atoms with Crippen LogP contribution in [0.4, 0.5) is 4.79 Å². The molecule has 0 saturated carbocycles. The number of rotatable bonds is 4. The summed E-state index contributed by atoms with van der Waals surface area (Å²) >= 11 is 0. The van der Waals surface area contributed by atoms with Crippen molar-refractivity contribution >= 4 is 11.9 Å². The Kier molecular flexibility index (Phi) is 4.36. The van der Waals surface area contributed by atoms with Crippen LogP contribution in [0.25, 0.3) is 0 Å². The van der Waals surface area contributed by atoms with E-state index in [1.165, 1.54) is 0 Å². The van der Waals surface area contributed by atoms with Crippen molar-refractivity contribution < 1.29 is 9.59 Å². The van der Waals surface area contributed by atoms with E-state index in [9.17, 15) is 9.59 Å². The molecule has 0 aromatic carbocycles. The summed E-state index contributed by atoms with van der Waals surface area (Å²) in [4.78, 5) is 23.0. The van der Waals surface area contributed by atoms with E-state index < -0.39 is 0 Å². The Balaban J connectivity index is 2.14. The molecule has 0 atom stereocenters. The van der Waals surface area contributed by atoms with Crippen LogP contribution in [-0.4, -0.2) is 42.5 Å². The predicted octanol–water partition coefficient (Wildman–Crippen LogP) is -1.01. The lowest BCUT2D eigenvalue weighted by molar-refractivity contribution is -0.117. The smallest absolute Gasteiger partial charge is 0.314 e. The molecule has 1 aliphatic rings. The zero-order valence-electron chi connectivity index (χ0n) is 8.74. The Hall–Kier alpha value is -1.30. The zero-order chi connectivity index (χ0) is 11.3. The maximum absolute atomic E-state index is 10.8. The van der Waals surface area contributed by atoms with Crippen LogP contribution in [0.3, 0.4) is 0 Å². The monoisotopic (exact) mass is 214 g/mol. The molecule has 1 fully saturated rings. The molecule has 0 aromatic rings. The molecule has 6 nitrogen and oxygen atoms in total. The van der Waals surface area contributed by atoms with Crippen molar-refractivity contribution in [2.24, 2.45) is 11.5 Å². The average Bonchev–Trinajstić information content (AvgIpc) is 2.18. The van der Waals surface area contributed by atoms with Crippen molar-refractivity contribution in [2.75, 3.05) is 19.6 Å². The molecule has 6 heteroatoms. The fraction of sp³-hybridized carbons (Fsp3) is 0.778. The van der Waals surface area contributed by atoms with E-state index >= 15 is 0 Å². The highest BCUT2D eigenvalue weighted by molar-refractivity contribution is 5.73. The fourth-order valence-electron chi connectivity index (χ4n) is 1.70. The van der Waals surface area contributed by atoms with Gasteiger partial charge in [-0.3, -0.25) is 4.79 Å². The highest BCUT2D eigenvalue weighted by atomic mass is 16.2. The molecule has 1 saturated heterocycles. The van der Waals surface area contributed by atoms with Gasteiger partial charge in [-0.05, 0) is 12.8 Å². The van der Waals surface area contributed by atoms with Gasteiger partial charge in [-0.1, -0.05) is 0 Å². The van der Waals surface area contributed by atoms with Gasteiger partial charge in [0.15, 0.2) is 0 Å². The number of amides is 3. The van der Waals surface area contributed by atoms with Crippen molar-refractivity contribution in [2.45, 2.75) is 25.3 Å². The number of likely N-dealkylation sites (tertiary alicyclic amines) is 1. The van der Waals surface area contributed by atoms with E-state index in [0.717, 1.165) is 12.8 Å². The van der Waals surface area contributed by atoms with Crippen LogP contribution < -0.4 is 16.8 Å². The lowest BCUT2D eigenvalue weighted by atomic mass is 10.1. The largest absolute Gasteiger partial charge is 0.370 e. The van der Waals surface area contributed by atoms with Gasteiger partial charge in [0.25, 0.3) is 0 Å². The van der Waals surface area contributed by atoms with Gasteiger partial charge in [0.2, 0.25) is 5.91 Å². The molecule has 0 radical (unpaired) electrons. The summed E-state index contributed by atoms with van der Waals surface area (Å²) in [7, 11) is 0. The molecule has 1 heterocycles. The molecule has 1 aliphatic heterocycles. The highest BCUT2D eigenvalue weighted by Gasteiger charge is 2.20. The van der Waals surface area contributed by atoms with Gasteiger partial charge < -0.3 is 21.7 Å².